The summed E-state index contributed by atoms with van der Waals surface area (Å²) in [7, 11) is 0. The molecule has 0 aromatic heterocycles. The first-order valence-corrected chi connectivity index (χ1v) is 6.84. The molecule has 0 aliphatic carbocycles. The molecule has 0 spiro atoms. The van der Waals surface area contributed by atoms with Crippen molar-refractivity contribution in [1.82, 2.24) is 0 Å². The zero-order chi connectivity index (χ0) is 12.4. The van der Waals surface area contributed by atoms with Crippen molar-refractivity contribution in [2.24, 2.45) is 0 Å². The number of aryl methyl sites for hydroxylation is 1. The summed E-state index contributed by atoms with van der Waals surface area (Å²) < 4.78 is 5.55. The number of para-hydroxylation sites is 1. The van der Waals surface area contributed by atoms with Gasteiger partial charge in [-0.15, -0.1) is 0 Å². The van der Waals surface area contributed by atoms with Gasteiger partial charge < -0.3 is 9.64 Å². The number of hydrogen-bond donors (Lipinski definition) is 0. The Kier molecular flexibility index (Phi) is 3.33. The maximum absolute atomic E-state index is 12.4. The van der Waals surface area contributed by atoms with Gasteiger partial charge in [-0.25, -0.2) is 0 Å². The van der Waals surface area contributed by atoms with Crippen LogP contribution in [0.25, 0.3) is 0 Å². The summed E-state index contributed by atoms with van der Waals surface area (Å²) in [6, 6.07) is 8.24. The average molecular weight is 245 g/mol. The SMILES string of the molecule is O=C(CC1CCCO1)N1CCCc2ccccc21. The summed E-state index contributed by atoms with van der Waals surface area (Å²) in [6.07, 6.45) is 4.95. The fourth-order valence-corrected chi connectivity index (χ4v) is 2.90. The number of amides is 1. The van der Waals surface area contributed by atoms with E-state index in [9.17, 15) is 4.79 Å². The molecular formula is C15H19NO2. The molecule has 1 aromatic carbocycles. The Morgan fingerprint density at radius 3 is 3.06 bits per heavy atom. The van der Waals surface area contributed by atoms with Crippen molar-refractivity contribution in [3.05, 3.63) is 29.8 Å². The molecule has 3 heteroatoms. The number of benzene rings is 1. The fourth-order valence-electron chi connectivity index (χ4n) is 2.90. The first-order chi connectivity index (χ1) is 8.84. The van der Waals surface area contributed by atoms with Gasteiger partial charge in [0, 0.05) is 18.8 Å². The molecule has 2 heterocycles. The molecule has 2 aliphatic heterocycles. The largest absolute Gasteiger partial charge is 0.378 e. The van der Waals surface area contributed by atoms with E-state index in [2.05, 4.69) is 12.1 Å². The molecule has 1 atom stereocenters. The van der Waals surface area contributed by atoms with Crippen LogP contribution in [0.3, 0.4) is 0 Å². The van der Waals surface area contributed by atoms with Gasteiger partial charge in [-0.1, -0.05) is 18.2 Å². The van der Waals surface area contributed by atoms with Gasteiger partial charge in [0.15, 0.2) is 0 Å². The topological polar surface area (TPSA) is 29.5 Å². The first kappa shape index (κ1) is 11.7. The second kappa shape index (κ2) is 5.11. The average Bonchev–Trinajstić information content (AvgIpc) is 2.91. The van der Waals surface area contributed by atoms with E-state index in [0.717, 1.165) is 44.5 Å². The van der Waals surface area contributed by atoms with Gasteiger partial charge in [0.25, 0.3) is 0 Å². The number of ether oxygens (including phenoxy) is 1. The summed E-state index contributed by atoms with van der Waals surface area (Å²) in [5.74, 6) is 0.217. The third-order valence-electron chi connectivity index (χ3n) is 3.84. The monoisotopic (exact) mass is 245 g/mol. The minimum absolute atomic E-state index is 0.145. The Morgan fingerprint density at radius 1 is 1.33 bits per heavy atom. The summed E-state index contributed by atoms with van der Waals surface area (Å²) in [6.45, 7) is 1.66. The van der Waals surface area contributed by atoms with Crippen LogP contribution in [0, 0.1) is 0 Å². The number of anilines is 1. The third kappa shape index (κ3) is 2.27. The van der Waals surface area contributed by atoms with Gasteiger partial charge in [-0.05, 0) is 37.3 Å². The van der Waals surface area contributed by atoms with E-state index in [1.165, 1.54) is 5.56 Å². The van der Waals surface area contributed by atoms with Gasteiger partial charge >= 0.3 is 0 Å². The van der Waals surface area contributed by atoms with Crippen molar-refractivity contribution in [2.75, 3.05) is 18.1 Å². The molecule has 1 aromatic rings. The molecule has 3 rings (SSSR count). The Balaban J connectivity index is 1.74. The maximum Gasteiger partial charge on any atom is 0.229 e. The number of rotatable bonds is 2. The van der Waals surface area contributed by atoms with Crippen molar-refractivity contribution in [2.45, 2.75) is 38.2 Å². The highest BCUT2D eigenvalue weighted by atomic mass is 16.5. The maximum atomic E-state index is 12.4. The van der Waals surface area contributed by atoms with Crippen LogP contribution in [0.4, 0.5) is 5.69 Å². The van der Waals surface area contributed by atoms with Crippen molar-refractivity contribution in [3.63, 3.8) is 0 Å². The molecule has 1 amide bonds. The van der Waals surface area contributed by atoms with E-state index in [1.54, 1.807) is 0 Å². The second-order valence-corrected chi connectivity index (χ2v) is 5.12. The Hall–Kier alpha value is -1.35. The minimum atomic E-state index is 0.145. The van der Waals surface area contributed by atoms with Crippen LogP contribution in [0.2, 0.25) is 0 Å². The zero-order valence-corrected chi connectivity index (χ0v) is 10.6. The predicted octanol–water partition coefficient (Wildman–Crippen LogP) is 2.53. The van der Waals surface area contributed by atoms with E-state index < -0.39 is 0 Å². The van der Waals surface area contributed by atoms with E-state index >= 15 is 0 Å². The first-order valence-electron chi connectivity index (χ1n) is 6.84. The van der Waals surface area contributed by atoms with Gasteiger partial charge in [0.05, 0.1) is 12.5 Å². The lowest BCUT2D eigenvalue weighted by molar-refractivity contribution is -0.120. The lowest BCUT2D eigenvalue weighted by Gasteiger charge is -2.30. The van der Waals surface area contributed by atoms with E-state index in [1.807, 2.05) is 17.0 Å². The van der Waals surface area contributed by atoms with Crippen LogP contribution >= 0.6 is 0 Å². The normalized spacial score (nSPS) is 22.9. The summed E-state index contributed by atoms with van der Waals surface area (Å²) in [5.41, 5.74) is 2.40. The molecule has 0 radical (unpaired) electrons. The van der Waals surface area contributed by atoms with Gasteiger partial charge in [0.2, 0.25) is 5.91 Å². The summed E-state index contributed by atoms with van der Waals surface area (Å²) in [5, 5.41) is 0. The number of hydrogen-bond acceptors (Lipinski definition) is 2. The fraction of sp³-hybridized carbons (Fsp3) is 0.533. The number of fused-ring (bicyclic) bond motifs is 1. The smallest absolute Gasteiger partial charge is 0.229 e. The van der Waals surface area contributed by atoms with Crippen LogP contribution in [-0.2, 0) is 16.0 Å². The number of nitrogens with zero attached hydrogens (tertiary/aromatic N) is 1. The quantitative estimate of drug-likeness (QED) is 0.801. The lowest BCUT2D eigenvalue weighted by atomic mass is 10.0. The highest BCUT2D eigenvalue weighted by molar-refractivity contribution is 5.94. The molecule has 1 saturated heterocycles. The van der Waals surface area contributed by atoms with Crippen LogP contribution in [-0.4, -0.2) is 25.2 Å². The van der Waals surface area contributed by atoms with Crippen LogP contribution < -0.4 is 4.90 Å². The van der Waals surface area contributed by atoms with Crippen molar-refractivity contribution in [1.29, 1.82) is 0 Å². The minimum Gasteiger partial charge on any atom is -0.378 e. The summed E-state index contributed by atoms with van der Waals surface area (Å²) in [4.78, 5) is 14.3. The van der Waals surface area contributed by atoms with E-state index in [-0.39, 0.29) is 12.0 Å². The highest BCUT2D eigenvalue weighted by Crippen LogP contribution is 2.28. The molecule has 2 aliphatic rings. The molecule has 0 bridgehead atoms. The van der Waals surface area contributed by atoms with Gasteiger partial charge in [0.1, 0.15) is 0 Å². The highest BCUT2D eigenvalue weighted by Gasteiger charge is 2.26. The number of carbonyl (C=O) groups is 1. The molecule has 3 nitrogen and oxygen atoms in total. The van der Waals surface area contributed by atoms with Crippen LogP contribution in [0.5, 0.6) is 0 Å². The summed E-state index contributed by atoms with van der Waals surface area (Å²) >= 11 is 0. The lowest BCUT2D eigenvalue weighted by Crippen LogP contribution is -2.37. The predicted molar refractivity (Wildman–Crippen MR) is 70.7 cm³/mol. The Morgan fingerprint density at radius 2 is 2.22 bits per heavy atom. The van der Waals surface area contributed by atoms with Crippen molar-refractivity contribution < 1.29 is 9.53 Å². The molecule has 0 saturated carbocycles. The van der Waals surface area contributed by atoms with Gasteiger partial charge in [-0.3, -0.25) is 4.79 Å². The molecule has 1 unspecified atom stereocenters. The molecule has 96 valence electrons. The van der Waals surface area contributed by atoms with Crippen molar-refractivity contribution >= 4 is 11.6 Å². The Bertz CT molecular complexity index is 438. The standard InChI is InChI=1S/C15H19NO2/c17-15(11-13-7-4-10-18-13)16-9-3-6-12-5-1-2-8-14(12)16/h1-2,5,8,13H,3-4,6-7,9-11H2. The second-order valence-electron chi connectivity index (χ2n) is 5.12. The van der Waals surface area contributed by atoms with E-state index in [0.29, 0.717) is 6.42 Å². The number of carbonyl (C=O) groups excluding carboxylic acids is 1. The molecule has 0 N–H and O–H groups in total. The van der Waals surface area contributed by atoms with Crippen molar-refractivity contribution in [3.8, 4) is 0 Å². The molecular weight excluding hydrogens is 226 g/mol. The van der Waals surface area contributed by atoms with Crippen LogP contribution in [0.1, 0.15) is 31.2 Å². The molecule has 1 fully saturated rings. The molecule has 18 heavy (non-hydrogen) atoms. The van der Waals surface area contributed by atoms with Gasteiger partial charge in [-0.2, -0.15) is 0 Å². The van der Waals surface area contributed by atoms with Crippen LogP contribution in [0.15, 0.2) is 24.3 Å². The Labute approximate surface area is 108 Å². The van der Waals surface area contributed by atoms with E-state index in [4.69, 9.17) is 4.74 Å². The zero-order valence-electron chi connectivity index (χ0n) is 10.6. The third-order valence-corrected chi connectivity index (χ3v) is 3.84.